The van der Waals surface area contributed by atoms with Gasteiger partial charge in [0.2, 0.25) is 0 Å². The molecule has 0 spiro atoms. The molecule has 0 N–H and O–H groups in total. The number of aromatic nitrogens is 2. The summed E-state index contributed by atoms with van der Waals surface area (Å²) >= 11 is 0. The van der Waals surface area contributed by atoms with E-state index in [0.29, 0.717) is 6.04 Å². The largest absolute Gasteiger partial charge is 0.331 e. The summed E-state index contributed by atoms with van der Waals surface area (Å²) in [5, 5.41) is 0. The van der Waals surface area contributed by atoms with E-state index < -0.39 is 0 Å². The molecular formula is C10H16N2. The molecule has 1 unspecified atom stereocenters. The number of unbranched alkanes of at least 4 members (excludes halogenated alkanes) is 1. The first-order valence-electron chi connectivity index (χ1n) is 4.48. The Hall–Kier alpha value is -1.05. The van der Waals surface area contributed by atoms with Crippen molar-refractivity contribution in [3.63, 3.8) is 0 Å². The summed E-state index contributed by atoms with van der Waals surface area (Å²) in [5.41, 5.74) is 0. The van der Waals surface area contributed by atoms with Crippen LogP contribution in [0.3, 0.4) is 0 Å². The summed E-state index contributed by atoms with van der Waals surface area (Å²) in [7, 11) is 0. The van der Waals surface area contributed by atoms with Crippen molar-refractivity contribution in [2.45, 2.75) is 32.2 Å². The topological polar surface area (TPSA) is 17.8 Å². The number of rotatable bonds is 5. The van der Waals surface area contributed by atoms with Gasteiger partial charge < -0.3 is 4.57 Å². The zero-order valence-corrected chi connectivity index (χ0v) is 7.61. The van der Waals surface area contributed by atoms with E-state index >= 15 is 0 Å². The highest BCUT2D eigenvalue weighted by molar-refractivity contribution is 4.89. The number of imidazole rings is 1. The van der Waals surface area contributed by atoms with E-state index in [1.54, 1.807) is 0 Å². The lowest BCUT2D eigenvalue weighted by atomic mass is 10.1. The van der Waals surface area contributed by atoms with E-state index in [4.69, 9.17) is 0 Å². The first kappa shape index (κ1) is 9.04. The van der Waals surface area contributed by atoms with Crippen molar-refractivity contribution >= 4 is 0 Å². The summed E-state index contributed by atoms with van der Waals surface area (Å²) in [5.74, 6) is 0. The van der Waals surface area contributed by atoms with Crippen molar-refractivity contribution in [3.05, 3.63) is 31.4 Å². The minimum absolute atomic E-state index is 0.424. The van der Waals surface area contributed by atoms with Gasteiger partial charge in [-0.3, -0.25) is 0 Å². The fourth-order valence-corrected chi connectivity index (χ4v) is 1.27. The maximum absolute atomic E-state index is 4.01. The van der Waals surface area contributed by atoms with Crippen LogP contribution in [0.4, 0.5) is 0 Å². The van der Waals surface area contributed by atoms with Gasteiger partial charge in [0, 0.05) is 12.4 Å². The molecule has 0 bridgehead atoms. The highest BCUT2D eigenvalue weighted by Gasteiger charge is 2.03. The molecule has 1 aromatic rings. The van der Waals surface area contributed by atoms with Crippen LogP contribution in [-0.4, -0.2) is 9.55 Å². The molecule has 0 fully saturated rings. The van der Waals surface area contributed by atoms with E-state index in [-0.39, 0.29) is 0 Å². The SMILES string of the molecule is C=CC(CCCC)n1ccnc1. The lowest BCUT2D eigenvalue weighted by molar-refractivity contribution is 0.530. The second-order valence-corrected chi connectivity index (χ2v) is 2.96. The quantitative estimate of drug-likeness (QED) is 0.612. The van der Waals surface area contributed by atoms with E-state index in [0.717, 1.165) is 6.42 Å². The van der Waals surface area contributed by atoms with Crippen LogP contribution >= 0.6 is 0 Å². The van der Waals surface area contributed by atoms with Crippen molar-refractivity contribution in [3.8, 4) is 0 Å². The molecule has 1 heterocycles. The molecule has 0 radical (unpaired) electrons. The highest BCUT2D eigenvalue weighted by atomic mass is 15.0. The van der Waals surface area contributed by atoms with Gasteiger partial charge in [-0.1, -0.05) is 25.8 Å². The summed E-state index contributed by atoms with van der Waals surface area (Å²) in [6.45, 7) is 6.02. The van der Waals surface area contributed by atoms with Gasteiger partial charge >= 0.3 is 0 Å². The standard InChI is InChI=1S/C10H16N2/c1-3-5-6-10(4-2)12-8-7-11-9-12/h4,7-10H,2-3,5-6H2,1H3. The molecule has 66 valence electrons. The molecular weight excluding hydrogens is 148 g/mol. The Morgan fingerprint density at radius 1 is 1.67 bits per heavy atom. The van der Waals surface area contributed by atoms with Crippen molar-refractivity contribution < 1.29 is 0 Å². The number of allylic oxidation sites excluding steroid dienone is 1. The van der Waals surface area contributed by atoms with Crippen LogP contribution < -0.4 is 0 Å². The maximum Gasteiger partial charge on any atom is 0.0951 e. The summed E-state index contributed by atoms with van der Waals surface area (Å²) in [6.07, 6.45) is 11.3. The summed E-state index contributed by atoms with van der Waals surface area (Å²) in [6, 6.07) is 0.424. The van der Waals surface area contributed by atoms with E-state index in [1.165, 1.54) is 12.8 Å². The molecule has 0 saturated carbocycles. The van der Waals surface area contributed by atoms with Crippen molar-refractivity contribution in [1.29, 1.82) is 0 Å². The smallest absolute Gasteiger partial charge is 0.0951 e. The van der Waals surface area contributed by atoms with Gasteiger partial charge in [0.1, 0.15) is 0 Å². The number of hydrogen-bond donors (Lipinski definition) is 0. The van der Waals surface area contributed by atoms with Crippen LogP contribution in [0.1, 0.15) is 32.2 Å². The third-order valence-electron chi connectivity index (χ3n) is 2.03. The molecule has 12 heavy (non-hydrogen) atoms. The highest BCUT2D eigenvalue weighted by Crippen LogP contribution is 2.14. The molecule has 0 aromatic carbocycles. The van der Waals surface area contributed by atoms with Crippen LogP contribution in [0.25, 0.3) is 0 Å². The predicted molar refractivity (Wildman–Crippen MR) is 51.0 cm³/mol. The minimum Gasteiger partial charge on any atom is -0.331 e. The van der Waals surface area contributed by atoms with E-state index in [1.807, 2.05) is 24.8 Å². The summed E-state index contributed by atoms with van der Waals surface area (Å²) in [4.78, 5) is 4.01. The monoisotopic (exact) mass is 164 g/mol. The van der Waals surface area contributed by atoms with Crippen molar-refractivity contribution in [2.24, 2.45) is 0 Å². The molecule has 0 amide bonds. The van der Waals surface area contributed by atoms with Gasteiger partial charge in [-0.25, -0.2) is 4.98 Å². The second kappa shape index (κ2) is 4.75. The third kappa shape index (κ3) is 2.22. The van der Waals surface area contributed by atoms with Gasteiger partial charge in [-0.15, -0.1) is 6.58 Å². The van der Waals surface area contributed by atoms with Crippen molar-refractivity contribution in [1.82, 2.24) is 9.55 Å². The predicted octanol–water partition coefficient (Wildman–Crippen LogP) is 2.80. The first-order chi connectivity index (χ1) is 5.88. The van der Waals surface area contributed by atoms with Crippen LogP contribution in [0.2, 0.25) is 0 Å². The molecule has 1 rings (SSSR count). The number of nitrogens with zero attached hydrogens (tertiary/aromatic N) is 2. The Morgan fingerprint density at radius 2 is 2.50 bits per heavy atom. The Bertz CT molecular complexity index is 214. The lowest BCUT2D eigenvalue weighted by Crippen LogP contribution is -2.03. The normalized spacial score (nSPS) is 12.8. The fourth-order valence-electron chi connectivity index (χ4n) is 1.27. The Morgan fingerprint density at radius 3 is 3.00 bits per heavy atom. The van der Waals surface area contributed by atoms with E-state index in [2.05, 4.69) is 23.1 Å². The van der Waals surface area contributed by atoms with E-state index in [9.17, 15) is 0 Å². The Labute approximate surface area is 73.9 Å². The van der Waals surface area contributed by atoms with Gasteiger partial charge in [-0.05, 0) is 6.42 Å². The molecule has 0 aliphatic carbocycles. The van der Waals surface area contributed by atoms with Gasteiger partial charge in [0.05, 0.1) is 12.4 Å². The molecule has 0 saturated heterocycles. The van der Waals surface area contributed by atoms with Crippen LogP contribution in [0.15, 0.2) is 31.4 Å². The lowest BCUT2D eigenvalue weighted by Gasteiger charge is -2.12. The minimum atomic E-state index is 0.424. The molecule has 0 aliphatic heterocycles. The van der Waals surface area contributed by atoms with Gasteiger partial charge in [0.15, 0.2) is 0 Å². The fraction of sp³-hybridized carbons (Fsp3) is 0.500. The maximum atomic E-state index is 4.01. The third-order valence-corrected chi connectivity index (χ3v) is 2.03. The zero-order chi connectivity index (χ0) is 8.81. The van der Waals surface area contributed by atoms with Crippen LogP contribution in [0, 0.1) is 0 Å². The van der Waals surface area contributed by atoms with Crippen molar-refractivity contribution in [2.75, 3.05) is 0 Å². The van der Waals surface area contributed by atoms with Gasteiger partial charge in [-0.2, -0.15) is 0 Å². The molecule has 1 atom stereocenters. The average molecular weight is 164 g/mol. The molecule has 2 heteroatoms. The average Bonchev–Trinajstić information content (AvgIpc) is 2.59. The van der Waals surface area contributed by atoms with Crippen LogP contribution in [-0.2, 0) is 0 Å². The second-order valence-electron chi connectivity index (χ2n) is 2.96. The first-order valence-corrected chi connectivity index (χ1v) is 4.48. The molecule has 0 aliphatic rings. The zero-order valence-electron chi connectivity index (χ0n) is 7.61. The van der Waals surface area contributed by atoms with Gasteiger partial charge in [0.25, 0.3) is 0 Å². The molecule has 1 aromatic heterocycles. The number of hydrogen-bond acceptors (Lipinski definition) is 1. The summed E-state index contributed by atoms with van der Waals surface area (Å²) < 4.78 is 2.10. The molecule has 2 nitrogen and oxygen atoms in total. The Kier molecular flexibility index (Phi) is 3.58. The van der Waals surface area contributed by atoms with Crippen LogP contribution in [0.5, 0.6) is 0 Å². The Balaban J connectivity index is 2.51.